The maximum Gasteiger partial charge on any atom is 0.306 e. The molecule has 1 aromatic heterocycles. The summed E-state index contributed by atoms with van der Waals surface area (Å²) in [5.41, 5.74) is 2.09. The molecule has 0 radical (unpaired) electrons. The molecule has 0 aromatic carbocycles. The van der Waals surface area contributed by atoms with Crippen molar-refractivity contribution >= 4 is 5.97 Å². The van der Waals surface area contributed by atoms with Crippen molar-refractivity contribution < 1.29 is 9.90 Å². The molecule has 5 heteroatoms. The van der Waals surface area contributed by atoms with Crippen molar-refractivity contribution in [2.75, 3.05) is 20.6 Å². The lowest BCUT2D eigenvalue weighted by atomic mass is 9.90. The third-order valence-electron chi connectivity index (χ3n) is 3.24. The van der Waals surface area contributed by atoms with Crippen molar-refractivity contribution in [2.45, 2.75) is 25.7 Å². The predicted molar refractivity (Wildman–Crippen MR) is 64.0 cm³/mol. The number of carboxylic acid groups (broad SMARTS) is 1. The van der Waals surface area contributed by atoms with Crippen LogP contribution in [0.1, 0.15) is 23.6 Å². The molecule has 0 bridgehead atoms. The summed E-state index contributed by atoms with van der Waals surface area (Å²) < 4.78 is 0. The van der Waals surface area contributed by atoms with E-state index < -0.39 is 5.97 Å². The number of aromatic amines is 1. The summed E-state index contributed by atoms with van der Waals surface area (Å²) >= 11 is 0. The SMILES string of the molecule is CN(C)CCc1nc2c([nH]1)CC(C(=O)O)CC2. The molecule has 1 unspecified atom stereocenters. The standard InChI is InChI=1S/C12H19N3O2/c1-15(2)6-5-11-13-9-4-3-8(12(16)17)7-10(9)14-11/h8H,3-7H2,1-2H3,(H,13,14)(H,16,17). The number of fused-ring (bicyclic) bond motifs is 1. The van der Waals surface area contributed by atoms with Crippen LogP contribution in [-0.4, -0.2) is 46.6 Å². The number of aryl methyl sites for hydroxylation is 1. The highest BCUT2D eigenvalue weighted by Crippen LogP contribution is 2.24. The van der Waals surface area contributed by atoms with Crippen molar-refractivity contribution in [1.29, 1.82) is 0 Å². The highest BCUT2D eigenvalue weighted by molar-refractivity contribution is 5.70. The number of hydrogen-bond donors (Lipinski definition) is 2. The van der Waals surface area contributed by atoms with Crippen LogP contribution in [-0.2, 0) is 24.1 Å². The molecule has 1 aliphatic rings. The Morgan fingerprint density at radius 2 is 2.35 bits per heavy atom. The van der Waals surface area contributed by atoms with Gasteiger partial charge in [0.05, 0.1) is 11.6 Å². The van der Waals surface area contributed by atoms with Gasteiger partial charge in [-0.15, -0.1) is 0 Å². The van der Waals surface area contributed by atoms with E-state index in [9.17, 15) is 4.79 Å². The number of aromatic nitrogens is 2. The monoisotopic (exact) mass is 237 g/mol. The van der Waals surface area contributed by atoms with Crippen LogP contribution in [0.25, 0.3) is 0 Å². The van der Waals surface area contributed by atoms with Crippen molar-refractivity contribution in [3.63, 3.8) is 0 Å². The third kappa shape index (κ3) is 2.85. The molecule has 94 valence electrons. The van der Waals surface area contributed by atoms with Crippen LogP contribution in [0.15, 0.2) is 0 Å². The number of hydrogen-bond acceptors (Lipinski definition) is 3. The number of nitrogens with zero attached hydrogens (tertiary/aromatic N) is 2. The van der Waals surface area contributed by atoms with Gasteiger partial charge in [0.25, 0.3) is 0 Å². The molecule has 0 saturated heterocycles. The van der Waals surface area contributed by atoms with Gasteiger partial charge in [0.1, 0.15) is 5.82 Å². The summed E-state index contributed by atoms with van der Waals surface area (Å²) in [7, 11) is 4.06. The number of carbonyl (C=O) groups is 1. The molecule has 5 nitrogen and oxygen atoms in total. The highest BCUT2D eigenvalue weighted by Gasteiger charge is 2.26. The molecule has 0 aliphatic heterocycles. The minimum atomic E-state index is -0.694. The largest absolute Gasteiger partial charge is 0.481 e. The number of rotatable bonds is 4. The van der Waals surface area contributed by atoms with Crippen LogP contribution in [0.5, 0.6) is 0 Å². The Hall–Kier alpha value is -1.36. The Balaban J connectivity index is 2.04. The van der Waals surface area contributed by atoms with E-state index in [0.717, 1.165) is 36.6 Å². The average molecular weight is 237 g/mol. The summed E-state index contributed by atoms with van der Waals surface area (Å²) in [5, 5.41) is 9.01. The van der Waals surface area contributed by atoms with Gasteiger partial charge < -0.3 is 15.0 Å². The van der Waals surface area contributed by atoms with Gasteiger partial charge in [-0.2, -0.15) is 0 Å². The quantitative estimate of drug-likeness (QED) is 0.809. The zero-order chi connectivity index (χ0) is 12.4. The van der Waals surface area contributed by atoms with Crippen molar-refractivity contribution in [1.82, 2.24) is 14.9 Å². The smallest absolute Gasteiger partial charge is 0.306 e. The van der Waals surface area contributed by atoms with Crippen molar-refractivity contribution in [2.24, 2.45) is 5.92 Å². The lowest BCUT2D eigenvalue weighted by Crippen LogP contribution is -2.22. The topological polar surface area (TPSA) is 69.2 Å². The highest BCUT2D eigenvalue weighted by atomic mass is 16.4. The molecular formula is C12H19N3O2. The second kappa shape index (κ2) is 4.87. The lowest BCUT2D eigenvalue weighted by Gasteiger charge is -2.16. The van der Waals surface area contributed by atoms with Gasteiger partial charge in [0.15, 0.2) is 0 Å². The van der Waals surface area contributed by atoms with E-state index in [1.807, 2.05) is 14.1 Å². The predicted octanol–water partition coefficient (Wildman–Crippen LogP) is 0.703. The summed E-state index contributed by atoms with van der Waals surface area (Å²) in [4.78, 5) is 20.9. The Kier molecular flexibility index (Phi) is 3.47. The number of H-pyrrole nitrogens is 1. The van der Waals surface area contributed by atoms with Crippen molar-refractivity contribution in [3.05, 3.63) is 17.2 Å². The van der Waals surface area contributed by atoms with E-state index in [-0.39, 0.29) is 5.92 Å². The summed E-state index contributed by atoms with van der Waals surface area (Å²) in [6, 6.07) is 0. The minimum Gasteiger partial charge on any atom is -0.481 e. The maximum atomic E-state index is 10.9. The van der Waals surface area contributed by atoms with Gasteiger partial charge in [-0.25, -0.2) is 4.98 Å². The van der Waals surface area contributed by atoms with E-state index >= 15 is 0 Å². The van der Waals surface area contributed by atoms with E-state index in [4.69, 9.17) is 5.11 Å². The molecule has 1 heterocycles. The van der Waals surface area contributed by atoms with Gasteiger partial charge >= 0.3 is 5.97 Å². The van der Waals surface area contributed by atoms with Crippen LogP contribution < -0.4 is 0 Å². The molecule has 0 fully saturated rings. The van der Waals surface area contributed by atoms with Gasteiger partial charge in [0, 0.05) is 25.1 Å². The molecule has 0 amide bonds. The minimum absolute atomic E-state index is 0.246. The second-order valence-electron chi connectivity index (χ2n) is 4.94. The van der Waals surface area contributed by atoms with E-state index in [2.05, 4.69) is 14.9 Å². The number of imidazole rings is 1. The summed E-state index contributed by atoms with van der Waals surface area (Å²) in [6.07, 6.45) is 2.97. The Labute approximate surface area is 101 Å². The number of nitrogens with one attached hydrogen (secondary N) is 1. The fourth-order valence-corrected chi connectivity index (χ4v) is 2.20. The lowest BCUT2D eigenvalue weighted by molar-refractivity contribution is -0.142. The maximum absolute atomic E-state index is 10.9. The number of aliphatic carboxylic acids is 1. The normalized spacial score (nSPS) is 19.4. The van der Waals surface area contributed by atoms with Crippen LogP contribution in [0.3, 0.4) is 0 Å². The molecule has 2 rings (SSSR count). The zero-order valence-electron chi connectivity index (χ0n) is 10.4. The summed E-state index contributed by atoms with van der Waals surface area (Å²) in [5.74, 6) is 0.0412. The van der Waals surface area contributed by atoms with Crippen LogP contribution in [0.2, 0.25) is 0 Å². The first-order valence-electron chi connectivity index (χ1n) is 6.00. The third-order valence-corrected chi connectivity index (χ3v) is 3.24. The molecular weight excluding hydrogens is 218 g/mol. The number of likely N-dealkylation sites (N-methyl/N-ethyl adjacent to an activating group) is 1. The fraction of sp³-hybridized carbons (Fsp3) is 0.667. The van der Waals surface area contributed by atoms with E-state index in [1.165, 1.54) is 0 Å². The van der Waals surface area contributed by atoms with Crippen LogP contribution in [0.4, 0.5) is 0 Å². The average Bonchev–Trinajstić information content (AvgIpc) is 2.67. The van der Waals surface area contributed by atoms with Gasteiger partial charge in [-0.3, -0.25) is 4.79 Å². The van der Waals surface area contributed by atoms with Crippen LogP contribution in [0, 0.1) is 5.92 Å². The van der Waals surface area contributed by atoms with E-state index in [1.54, 1.807) is 0 Å². The Morgan fingerprint density at radius 1 is 1.59 bits per heavy atom. The molecule has 0 saturated carbocycles. The first kappa shape index (κ1) is 12.1. The fourth-order valence-electron chi connectivity index (χ4n) is 2.20. The summed E-state index contributed by atoms with van der Waals surface area (Å²) in [6.45, 7) is 0.953. The number of carboxylic acids is 1. The molecule has 2 N–H and O–H groups in total. The van der Waals surface area contributed by atoms with Crippen molar-refractivity contribution in [3.8, 4) is 0 Å². The van der Waals surface area contributed by atoms with E-state index in [0.29, 0.717) is 12.8 Å². The van der Waals surface area contributed by atoms with Crippen LogP contribution >= 0.6 is 0 Å². The molecule has 1 atom stereocenters. The Morgan fingerprint density at radius 3 is 3.00 bits per heavy atom. The second-order valence-corrected chi connectivity index (χ2v) is 4.94. The molecule has 0 spiro atoms. The van der Waals surface area contributed by atoms with Gasteiger partial charge in [0.2, 0.25) is 0 Å². The van der Waals surface area contributed by atoms with Gasteiger partial charge in [-0.05, 0) is 26.9 Å². The molecule has 1 aliphatic carbocycles. The van der Waals surface area contributed by atoms with Gasteiger partial charge in [-0.1, -0.05) is 0 Å². The molecule has 1 aromatic rings. The zero-order valence-corrected chi connectivity index (χ0v) is 10.4. The molecule has 17 heavy (non-hydrogen) atoms. The Bertz CT molecular complexity index is 412. The first-order chi connectivity index (χ1) is 8.06. The first-order valence-corrected chi connectivity index (χ1v) is 6.00.